The molecule has 0 saturated heterocycles. The maximum atomic E-state index is 10.8. The van der Waals surface area contributed by atoms with Gasteiger partial charge in [-0.05, 0) is 0 Å². The van der Waals surface area contributed by atoms with E-state index in [1.54, 1.807) is 0 Å². The number of nitrogens with zero attached hydrogens (tertiary/aromatic N) is 2. The van der Waals surface area contributed by atoms with E-state index in [1.165, 1.54) is 6.07 Å². The van der Waals surface area contributed by atoms with Crippen molar-refractivity contribution in [2.45, 2.75) is 6.10 Å². The number of anilines is 1. The highest BCUT2D eigenvalue weighted by molar-refractivity contribution is 7.51. The zero-order valence-corrected chi connectivity index (χ0v) is 15.7. The number of nitrogens with two attached hydrogens (primary N) is 1. The molecule has 27 heavy (non-hydrogen) atoms. The van der Waals surface area contributed by atoms with Crippen LogP contribution in [0.4, 0.5) is 5.95 Å². The lowest BCUT2D eigenvalue weighted by molar-refractivity contribution is 0.000419. The smallest absolute Gasteiger partial charge is 0.350 e. The van der Waals surface area contributed by atoms with Crippen molar-refractivity contribution in [3.8, 4) is 11.8 Å². The fourth-order valence-electron chi connectivity index (χ4n) is 1.49. The summed E-state index contributed by atoms with van der Waals surface area (Å²) in [7, 11) is -8.64. The Hall–Kier alpha value is -1.34. The summed E-state index contributed by atoms with van der Waals surface area (Å²) in [6.45, 7) is -1.03. The summed E-state index contributed by atoms with van der Waals surface area (Å²) in [5.41, 5.74) is 5.50. The molecule has 1 aromatic heterocycles. The van der Waals surface area contributed by atoms with E-state index in [2.05, 4.69) is 9.97 Å². The van der Waals surface area contributed by atoms with Gasteiger partial charge < -0.3 is 49.4 Å². The second kappa shape index (κ2) is 10.9. The van der Waals surface area contributed by atoms with Crippen LogP contribution in [0.1, 0.15) is 0 Å². The van der Waals surface area contributed by atoms with E-state index in [9.17, 15) is 9.13 Å². The summed E-state index contributed by atoms with van der Waals surface area (Å²) in [6, 6.07) is 1.25. The van der Waals surface area contributed by atoms with Crippen molar-refractivity contribution in [3.05, 3.63) is 6.07 Å². The average molecular weight is 433 g/mol. The molecule has 0 amide bonds. The summed E-state index contributed by atoms with van der Waals surface area (Å²) >= 11 is 0. The summed E-state index contributed by atoms with van der Waals surface area (Å²) < 4.78 is 41.4. The van der Waals surface area contributed by atoms with Gasteiger partial charge in [-0.15, -0.1) is 0 Å². The summed E-state index contributed by atoms with van der Waals surface area (Å²) in [4.78, 5) is 42.3. The Morgan fingerprint density at radius 3 is 2.15 bits per heavy atom. The van der Waals surface area contributed by atoms with Gasteiger partial charge in [-0.3, -0.25) is 9.13 Å². The van der Waals surface area contributed by atoms with Crippen LogP contribution in [0, 0.1) is 0 Å². The predicted molar refractivity (Wildman–Crippen MR) is 89.2 cm³/mol. The van der Waals surface area contributed by atoms with Crippen LogP contribution in [-0.2, 0) is 18.6 Å². The van der Waals surface area contributed by atoms with E-state index in [0.717, 1.165) is 0 Å². The second-order valence-corrected chi connectivity index (χ2v) is 8.20. The van der Waals surface area contributed by atoms with Gasteiger partial charge in [0.1, 0.15) is 32.0 Å². The van der Waals surface area contributed by atoms with E-state index in [4.69, 9.17) is 49.4 Å². The Morgan fingerprint density at radius 1 is 1.00 bits per heavy atom. The molecule has 14 nitrogen and oxygen atoms in total. The maximum Gasteiger partial charge on any atom is 0.350 e. The Balaban J connectivity index is 2.49. The van der Waals surface area contributed by atoms with Crippen LogP contribution in [0.25, 0.3) is 0 Å². The zero-order chi connectivity index (χ0) is 20.5. The van der Waals surface area contributed by atoms with Gasteiger partial charge in [0, 0.05) is 0 Å². The predicted octanol–water partition coefficient (Wildman–Crippen LogP) is -1.52. The Morgan fingerprint density at radius 2 is 1.59 bits per heavy atom. The van der Waals surface area contributed by atoms with Crippen molar-refractivity contribution in [1.29, 1.82) is 0 Å². The minimum atomic E-state index is -4.39. The normalized spacial score (nSPS) is 13.4. The monoisotopic (exact) mass is 433 g/mol. The number of aliphatic hydroxyl groups excluding tert-OH is 1. The molecule has 0 fully saturated rings. The number of rotatable bonds is 13. The molecule has 0 bridgehead atoms. The first-order valence-corrected chi connectivity index (χ1v) is 10.9. The molecule has 0 aliphatic rings. The molecule has 1 aromatic rings. The highest BCUT2D eigenvalue weighted by atomic mass is 31.2. The molecule has 0 radical (unpaired) electrons. The summed E-state index contributed by atoms with van der Waals surface area (Å²) in [6.07, 6.45) is -2.64. The molecule has 16 heteroatoms. The lowest BCUT2D eigenvalue weighted by Gasteiger charge is -2.16. The van der Waals surface area contributed by atoms with Gasteiger partial charge in [0.25, 0.3) is 0 Å². The molecule has 0 aromatic carbocycles. The van der Waals surface area contributed by atoms with Crippen LogP contribution >= 0.6 is 15.2 Å². The van der Waals surface area contributed by atoms with Crippen LogP contribution in [0.3, 0.4) is 0 Å². The van der Waals surface area contributed by atoms with Gasteiger partial charge >= 0.3 is 15.2 Å². The van der Waals surface area contributed by atoms with E-state index >= 15 is 0 Å². The third-order valence-electron chi connectivity index (χ3n) is 2.53. The second-order valence-electron chi connectivity index (χ2n) is 5.03. The van der Waals surface area contributed by atoms with Crippen LogP contribution in [0.15, 0.2) is 6.07 Å². The fourth-order valence-corrected chi connectivity index (χ4v) is 2.26. The molecular formula is C11H21N3O11P2. The molecular weight excluding hydrogens is 412 g/mol. The van der Waals surface area contributed by atoms with Gasteiger partial charge in [-0.1, -0.05) is 0 Å². The Labute approximate surface area is 153 Å². The van der Waals surface area contributed by atoms with Crippen molar-refractivity contribution >= 4 is 21.1 Å². The zero-order valence-electron chi connectivity index (χ0n) is 13.9. The maximum absolute atomic E-state index is 10.8. The molecule has 1 heterocycles. The lowest BCUT2D eigenvalue weighted by atomic mass is 10.4. The molecule has 156 valence electrons. The number of hydrogen-bond acceptors (Lipinski definition) is 10. The van der Waals surface area contributed by atoms with Crippen molar-refractivity contribution in [3.63, 3.8) is 0 Å². The van der Waals surface area contributed by atoms with Gasteiger partial charge in [0.2, 0.25) is 17.7 Å². The average Bonchev–Trinajstić information content (AvgIpc) is 2.52. The molecule has 7 N–H and O–H groups in total. The quantitative estimate of drug-likeness (QED) is 0.153. The molecule has 0 saturated carbocycles. The SMILES string of the molecule is Nc1nc(OCCOCP(=O)(O)O)cc(OC[C@@H](CO)OCP(=O)(O)O)n1. The van der Waals surface area contributed by atoms with Crippen molar-refractivity contribution in [2.75, 3.05) is 44.9 Å². The summed E-state index contributed by atoms with van der Waals surface area (Å²) in [5.74, 6) is -0.254. The topological polar surface area (TPSA) is 224 Å². The number of ether oxygens (including phenoxy) is 4. The van der Waals surface area contributed by atoms with Crippen molar-refractivity contribution in [1.82, 2.24) is 9.97 Å². The highest BCUT2D eigenvalue weighted by Crippen LogP contribution is 2.34. The largest absolute Gasteiger partial charge is 0.475 e. The van der Waals surface area contributed by atoms with E-state index in [0.29, 0.717) is 0 Å². The minimum Gasteiger partial charge on any atom is -0.475 e. The standard InChI is InChI=1S/C11H21N3O11P2/c12-11-13-9(23-2-1-22-6-26(16,17)18)3-10(14-11)24-5-8(4-15)25-7-27(19,20)21/h3,8,15H,1-2,4-7H2,(H2,12,13,14)(H2,16,17,18)(H2,19,20,21)/t8-/m1/s1. The first-order valence-electron chi connectivity index (χ1n) is 7.28. The number of nitrogen functional groups attached to an aromatic ring is 1. The Bertz CT molecular complexity index is 680. The molecule has 0 aliphatic carbocycles. The van der Waals surface area contributed by atoms with Gasteiger partial charge in [-0.2, -0.15) is 9.97 Å². The van der Waals surface area contributed by atoms with Crippen molar-refractivity contribution in [2.24, 2.45) is 0 Å². The minimum absolute atomic E-state index is 0.00559. The first kappa shape index (κ1) is 23.7. The van der Waals surface area contributed by atoms with Crippen LogP contribution in [0.5, 0.6) is 11.8 Å². The molecule has 1 rings (SSSR count). The molecule has 0 spiro atoms. The van der Waals surface area contributed by atoms with E-state index in [-0.39, 0.29) is 37.5 Å². The van der Waals surface area contributed by atoms with Gasteiger partial charge in [0.05, 0.1) is 19.3 Å². The van der Waals surface area contributed by atoms with Crippen LogP contribution in [-0.4, -0.2) is 79.9 Å². The third kappa shape index (κ3) is 11.9. The van der Waals surface area contributed by atoms with E-state index < -0.39 is 40.6 Å². The van der Waals surface area contributed by atoms with Crippen LogP contribution < -0.4 is 15.2 Å². The molecule has 1 atom stereocenters. The fraction of sp³-hybridized carbons (Fsp3) is 0.636. The lowest BCUT2D eigenvalue weighted by Crippen LogP contribution is -2.26. The Kier molecular flexibility index (Phi) is 9.53. The number of aliphatic hydroxyl groups is 1. The molecule has 0 aliphatic heterocycles. The first-order chi connectivity index (χ1) is 12.5. The van der Waals surface area contributed by atoms with Crippen LogP contribution in [0.2, 0.25) is 0 Å². The van der Waals surface area contributed by atoms with Crippen molar-refractivity contribution < 1.29 is 52.8 Å². The summed E-state index contributed by atoms with van der Waals surface area (Å²) in [5, 5.41) is 9.12. The molecule has 0 unspecified atom stereocenters. The van der Waals surface area contributed by atoms with Gasteiger partial charge in [-0.25, -0.2) is 0 Å². The van der Waals surface area contributed by atoms with Gasteiger partial charge in [0.15, 0.2) is 0 Å². The highest BCUT2D eigenvalue weighted by Gasteiger charge is 2.18. The van der Waals surface area contributed by atoms with E-state index in [1.807, 2.05) is 0 Å². The third-order valence-corrected chi connectivity index (χ3v) is 3.54. The number of aromatic nitrogens is 2. The number of hydrogen-bond donors (Lipinski definition) is 6.